The van der Waals surface area contributed by atoms with Crippen LogP contribution in [0.15, 0.2) is 22.6 Å². The van der Waals surface area contributed by atoms with Gasteiger partial charge in [-0.3, -0.25) is 9.59 Å². The predicted molar refractivity (Wildman–Crippen MR) is 78.4 cm³/mol. The third-order valence-corrected chi connectivity index (χ3v) is 4.13. The third kappa shape index (κ3) is 3.54. The van der Waals surface area contributed by atoms with Crippen molar-refractivity contribution in [1.29, 1.82) is 0 Å². The first-order valence-electron chi connectivity index (χ1n) is 7.47. The zero-order valence-electron chi connectivity index (χ0n) is 12.1. The summed E-state index contributed by atoms with van der Waals surface area (Å²) in [5.41, 5.74) is 0. The Labute approximate surface area is 123 Å². The minimum Gasteiger partial charge on any atom is -0.461 e. The lowest BCUT2D eigenvalue weighted by Crippen LogP contribution is -2.47. The van der Waals surface area contributed by atoms with Crippen molar-refractivity contribution in [2.75, 3.05) is 6.54 Å². The Morgan fingerprint density at radius 2 is 2.29 bits per heavy atom. The minimum atomic E-state index is -0.158. The van der Waals surface area contributed by atoms with Crippen LogP contribution in [0.2, 0.25) is 0 Å². The Hall–Kier alpha value is -2.04. The number of amides is 2. The van der Waals surface area contributed by atoms with Crippen LogP contribution >= 0.6 is 0 Å². The van der Waals surface area contributed by atoms with E-state index in [-0.39, 0.29) is 17.9 Å². The summed E-state index contributed by atoms with van der Waals surface area (Å²) in [6, 6.07) is 3.90. The van der Waals surface area contributed by atoms with Gasteiger partial charge in [0.1, 0.15) is 11.5 Å². The van der Waals surface area contributed by atoms with Gasteiger partial charge in [-0.15, -0.1) is 0 Å². The van der Waals surface area contributed by atoms with Crippen LogP contribution in [0, 0.1) is 5.92 Å². The van der Waals surface area contributed by atoms with E-state index in [4.69, 9.17) is 4.42 Å². The van der Waals surface area contributed by atoms with E-state index in [1.807, 2.05) is 12.1 Å². The number of furan rings is 1. The molecule has 1 aromatic rings. The molecule has 5 nitrogen and oxygen atoms in total. The fraction of sp³-hybridized carbons (Fsp3) is 0.500. The molecule has 0 aromatic carbocycles. The maximum absolute atomic E-state index is 11.8. The Morgan fingerprint density at radius 3 is 2.95 bits per heavy atom. The van der Waals surface area contributed by atoms with Crippen LogP contribution in [0.4, 0.5) is 0 Å². The van der Waals surface area contributed by atoms with Gasteiger partial charge in [0.05, 0.1) is 0 Å². The lowest BCUT2D eigenvalue weighted by atomic mass is 10.1. The summed E-state index contributed by atoms with van der Waals surface area (Å²) in [7, 11) is 0. The van der Waals surface area contributed by atoms with Crippen LogP contribution in [0.3, 0.4) is 0 Å². The number of carbonyl (C=O) groups excluding carboxylic acids is 2. The molecule has 2 N–H and O–H groups in total. The fourth-order valence-corrected chi connectivity index (χ4v) is 2.64. The second kappa shape index (κ2) is 5.76. The van der Waals surface area contributed by atoms with Gasteiger partial charge >= 0.3 is 0 Å². The molecule has 1 saturated carbocycles. The molecule has 0 radical (unpaired) electrons. The minimum absolute atomic E-state index is 0.0133. The summed E-state index contributed by atoms with van der Waals surface area (Å²) in [5, 5.41) is 5.62. The van der Waals surface area contributed by atoms with Gasteiger partial charge < -0.3 is 15.1 Å². The number of nitrogens with one attached hydrogen (secondary N) is 2. The van der Waals surface area contributed by atoms with Gasteiger partial charge in [-0.2, -0.15) is 0 Å². The van der Waals surface area contributed by atoms with Crippen molar-refractivity contribution in [3.05, 3.63) is 29.7 Å². The second-order valence-corrected chi connectivity index (χ2v) is 5.94. The number of hydrogen-bond acceptors (Lipinski definition) is 3. The molecule has 1 aromatic heterocycles. The average Bonchev–Trinajstić information content (AvgIpc) is 3.01. The standard InChI is InChI=1S/C16H20N2O3/c1-10-8-13(10)14-5-3-12(21-14)4-7-16(20)18-11-2-6-15(19)17-9-11/h3-5,7,10-11,13H,2,6,8-9H2,1H3,(H,17,19)(H,18,20). The van der Waals surface area contributed by atoms with Crippen molar-refractivity contribution in [1.82, 2.24) is 10.6 Å². The molecular formula is C16H20N2O3. The van der Waals surface area contributed by atoms with E-state index in [1.165, 1.54) is 12.5 Å². The van der Waals surface area contributed by atoms with Crippen molar-refractivity contribution < 1.29 is 14.0 Å². The summed E-state index contributed by atoms with van der Waals surface area (Å²) in [6.45, 7) is 2.71. The quantitative estimate of drug-likeness (QED) is 0.830. The Morgan fingerprint density at radius 1 is 1.48 bits per heavy atom. The van der Waals surface area contributed by atoms with E-state index in [2.05, 4.69) is 17.6 Å². The van der Waals surface area contributed by atoms with E-state index < -0.39 is 0 Å². The summed E-state index contributed by atoms with van der Waals surface area (Å²) in [4.78, 5) is 22.9. The molecular weight excluding hydrogens is 268 g/mol. The highest BCUT2D eigenvalue weighted by molar-refractivity contribution is 5.91. The van der Waals surface area contributed by atoms with Crippen molar-refractivity contribution in [3.63, 3.8) is 0 Å². The lowest BCUT2D eigenvalue weighted by Gasteiger charge is -2.22. The van der Waals surface area contributed by atoms with E-state index in [0.29, 0.717) is 37.0 Å². The van der Waals surface area contributed by atoms with Gasteiger partial charge in [0, 0.05) is 31.0 Å². The highest BCUT2D eigenvalue weighted by Gasteiger charge is 2.36. The number of carbonyl (C=O) groups is 2. The molecule has 3 atom stereocenters. The molecule has 1 saturated heterocycles. The van der Waals surface area contributed by atoms with E-state index in [9.17, 15) is 9.59 Å². The van der Waals surface area contributed by atoms with Crippen LogP contribution in [-0.2, 0) is 9.59 Å². The van der Waals surface area contributed by atoms with Gasteiger partial charge in [-0.1, -0.05) is 6.92 Å². The van der Waals surface area contributed by atoms with Gasteiger partial charge in [0.15, 0.2) is 0 Å². The van der Waals surface area contributed by atoms with Gasteiger partial charge in [0.25, 0.3) is 0 Å². The smallest absolute Gasteiger partial charge is 0.244 e. The van der Waals surface area contributed by atoms with Crippen LogP contribution < -0.4 is 10.6 Å². The first kappa shape index (κ1) is 13.9. The average molecular weight is 288 g/mol. The van der Waals surface area contributed by atoms with Crippen molar-refractivity contribution in [3.8, 4) is 0 Å². The molecule has 3 unspecified atom stereocenters. The molecule has 0 bridgehead atoms. The monoisotopic (exact) mass is 288 g/mol. The van der Waals surface area contributed by atoms with Crippen LogP contribution in [-0.4, -0.2) is 24.4 Å². The zero-order valence-corrected chi connectivity index (χ0v) is 12.1. The molecule has 3 rings (SSSR count). The van der Waals surface area contributed by atoms with E-state index >= 15 is 0 Å². The number of rotatable bonds is 4. The molecule has 2 heterocycles. The molecule has 1 aliphatic heterocycles. The second-order valence-electron chi connectivity index (χ2n) is 5.94. The van der Waals surface area contributed by atoms with Gasteiger partial charge in [-0.05, 0) is 37.0 Å². The van der Waals surface area contributed by atoms with E-state index in [1.54, 1.807) is 6.08 Å². The highest BCUT2D eigenvalue weighted by atomic mass is 16.3. The molecule has 5 heteroatoms. The van der Waals surface area contributed by atoms with Crippen molar-refractivity contribution in [2.24, 2.45) is 5.92 Å². The van der Waals surface area contributed by atoms with Crippen LogP contribution in [0.5, 0.6) is 0 Å². The Balaban J connectivity index is 1.49. The van der Waals surface area contributed by atoms with Crippen molar-refractivity contribution >= 4 is 17.9 Å². The first-order chi connectivity index (χ1) is 10.1. The van der Waals surface area contributed by atoms with Crippen LogP contribution in [0.25, 0.3) is 6.08 Å². The Bertz CT molecular complexity index is 566. The normalized spacial score (nSPS) is 28.4. The number of piperidine rings is 1. The maximum atomic E-state index is 11.8. The summed E-state index contributed by atoms with van der Waals surface area (Å²) in [5.74, 6) is 2.86. The summed E-state index contributed by atoms with van der Waals surface area (Å²) >= 11 is 0. The first-order valence-corrected chi connectivity index (χ1v) is 7.47. The van der Waals surface area contributed by atoms with Crippen molar-refractivity contribution in [2.45, 2.75) is 38.1 Å². The predicted octanol–water partition coefficient (Wildman–Crippen LogP) is 1.81. The SMILES string of the molecule is CC1CC1c1ccc(C=CC(=O)NC2CCC(=O)NC2)o1. The van der Waals surface area contributed by atoms with Crippen LogP contribution in [0.1, 0.15) is 43.6 Å². The largest absolute Gasteiger partial charge is 0.461 e. The molecule has 1 aliphatic carbocycles. The molecule has 0 spiro atoms. The third-order valence-electron chi connectivity index (χ3n) is 4.13. The highest BCUT2D eigenvalue weighted by Crippen LogP contribution is 2.47. The summed E-state index contributed by atoms with van der Waals surface area (Å²) in [6.07, 6.45) is 5.51. The van der Waals surface area contributed by atoms with Gasteiger partial charge in [0.2, 0.25) is 11.8 Å². The number of hydrogen-bond donors (Lipinski definition) is 2. The fourth-order valence-electron chi connectivity index (χ4n) is 2.64. The molecule has 2 amide bonds. The van der Waals surface area contributed by atoms with E-state index in [0.717, 1.165) is 5.76 Å². The zero-order chi connectivity index (χ0) is 14.8. The lowest BCUT2D eigenvalue weighted by molar-refractivity contribution is -0.124. The topological polar surface area (TPSA) is 71.3 Å². The van der Waals surface area contributed by atoms with Gasteiger partial charge in [-0.25, -0.2) is 0 Å². The Kier molecular flexibility index (Phi) is 3.82. The maximum Gasteiger partial charge on any atom is 0.244 e. The molecule has 21 heavy (non-hydrogen) atoms. The molecule has 2 fully saturated rings. The molecule has 112 valence electrons. The summed E-state index contributed by atoms with van der Waals surface area (Å²) < 4.78 is 5.71. The molecule has 2 aliphatic rings.